The number of phenolic OH excluding ortho intramolecular Hbond substituents is 1. The van der Waals surface area contributed by atoms with Crippen LogP contribution in [0.3, 0.4) is 0 Å². The highest BCUT2D eigenvalue weighted by atomic mass is 32.1. The quantitative estimate of drug-likeness (QED) is 0.521. The van der Waals surface area contributed by atoms with Gasteiger partial charge in [0, 0.05) is 28.2 Å². The number of nitrogens with zero attached hydrogens (tertiary/aromatic N) is 2. The molecule has 0 aliphatic carbocycles. The van der Waals surface area contributed by atoms with E-state index in [0.29, 0.717) is 0 Å². The van der Waals surface area contributed by atoms with Crippen molar-refractivity contribution in [2.24, 2.45) is 0 Å². The maximum Gasteiger partial charge on any atom is 0.206 e. The van der Waals surface area contributed by atoms with Gasteiger partial charge in [0.2, 0.25) is 5.13 Å². The molecule has 0 bridgehead atoms. The molecule has 2 aromatic carbocycles. The van der Waals surface area contributed by atoms with Crippen molar-refractivity contribution in [2.75, 3.05) is 5.32 Å². The monoisotopic (exact) mass is 336 g/mol. The summed E-state index contributed by atoms with van der Waals surface area (Å²) < 4.78 is 0. The van der Waals surface area contributed by atoms with Crippen molar-refractivity contribution >= 4 is 27.4 Å². The Hall–Kier alpha value is -2.86. The first-order valence-corrected chi connectivity index (χ1v) is 8.44. The van der Waals surface area contributed by atoms with Gasteiger partial charge in [0.05, 0.1) is 6.04 Å². The van der Waals surface area contributed by atoms with E-state index in [4.69, 9.17) is 0 Å². The largest absolute Gasteiger partial charge is 0.508 e. The van der Waals surface area contributed by atoms with Gasteiger partial charge in [-0.25, -0.2) is 0 Å². The zero-order chi connectivity index (χ0) is 16.5. The molecule has 0 amide bonds. The molecule has 0 saturated carbocycles. The lowest BCUT2D eigenvalue weighted by Crippen LogP contribution is -2.12. The Morgan fingerprint density at radius 2 is 1.83 bits per heavy atom. The molecule has 0 fully saturated rings. The van der Waals surface area contributed by atoms with Crippen molar-refractivity contribution in [1.29, 1.82) is 0 Å². The number of nitrogens with one attached hydrogen (secondary N) is 2. The Morgan fingerprint density at radius 3 is 2.62 bits per heavy atom. The van der Waals surface area contributed by atoms with Crippen LogP contribution in [0.25, 0.3) is 10.9 Å². The number of anilines is 1. The number of para-hydroxylation sites is 2. The molecule has 0 spiro atoms. The fourth-order valence-corrected chi connectivity index (χ4v) is 3.49. The summed E-state index contributed by atoms with van der Waals surface area (Å²) >= 11 is 1.49. The van der Waals surface area contributed by atoms with E-state index in [2.05, 4.69) is 26.6 Å². The lowest BCUT2D eigenvalue weighted by molar-refractivity contribution is 0.466. The third-order valence-electron chi connectivity index (χ3n) is 3.97. The van der Waals surface area contributed by atoms with Crippen LogP contribution in [0, 0.1) is 6.92 Å². The van der Waals surface area contributed by atoms with Crippen LogP contribution >= 0.6 is 11.3 Å². The number of aromatic hydroxyl groups is 1. The number of aryl methyl sites for hydroxylation is 1. The number of hydrogen-bond donors (Lipinski definition) is 3. The number of rotatable bonds is 4. The second kappa shape index (κ2) is 5.98. The van der Waals surface area contributed by atoms with Gasteiger partial charge < -0.3 is 15.4 Å². The first-order valence-electron chi connectivity index (χ1n) is 7.63. The van der Waals surface area contributed by atoms with Gasteiger partial charge >= 0.3 is 0 Å². The summed E-state index contributed by atoms with van der Waals surface area (Å²) in [6.45, 7) is 1.92. The SMILES string of the molecule is Cc1nnc(NC(c2ccccc2O)c2c[nH]c3ccccc23)s1. The van der Waals surface area contributed by atoms with Crippen molar-refractivity contribution in [3.8, 4) is 5.75 Å². The molecule has 5 nitrogen and oxygen atoms in total. The minimum absolute atomic E-state index is 0.227. The van der Waals surface area contributed by atoms with Crippen molar-refractivity contribution in [3.05, 3.63) is 70.9 Å². The molecule has 4 rings (SSSR count). The molecule has 1 atom stereocenters. The van der Waals surface area contributed by atoms with Crippen molar-refractivity contribution in [3.63, 3.8) is 0 Å². The molecule has 0 radical (unpaired) electrons. The molecule has 2 aromatic heterocycles. The molecular weight excluding hydrogens is 320 g/mol. The number of H-pyrrole nitrogens is 1. The third kappa shape index (κ3) is 2.61. The summed E-state index contributed by atoms with van der Waals surface area (Å²) in [6.07, 6.45) is 1.97. The van der Waals surface area contributed by atoms with Gasteiger partial charge in [-0.15, -0.1) is 10.2 Å². The van der Waals surface area contributed by atoms with Gasteiger partial charge in [-0.05, 0) is 19.1 Å². The molecule has 2 heterocycles. The lowest BCUT2D eigenvalue weighted by Gasteiger charge is -2.19. The topological polar surface area (TPSA) is 73.8 Å². The predicted molar refractivity (Wildman–Crippen MR) is 96.5 cm³/mol. The molecule has 3 N–H and O–H groups in total. The minimum atomic E-state index is -0.227. The number of phenols is 1. The molecule has 4 aromatic rings. The van der Waals surface area contributed by atoms with Crippen LogP contribution in [0.2, 0.25) is 0 Å². The van der Waals surface area contributed by atoms with Crippen LogP contribution in [0.4, 0.5) is 5.13 Å². The fraction of sp³-hybridized carbons (Fsp3) is 0.111. The molecule has 120 valence electrons. The van der Waals surface area contributed by atoms with Gasteiger partial charge in [0.15, 0.2) is 0 Å². The Labute approximate surface area is 143 Å². The van der Waals surface area contributed by atoms with Gasteiger partial charge in [-0.1, -0.05) is 47.7 Å². The normalized spacial score (nSPS) is 12.4. The predicted octanol–water partition coefficient (Wildman–Crippen LogP) is 4.23. The van der Waals surface area contributed by atoms with E-state index in [-0.39, 0.29) is 11.8 Å². The second-order valence-corrected chi connectivity index (χ2v) is 6.73. The minimum Gasteiger partial charge on any atom is -0.508 e. The van der Waals surface area contributed by atoms with Crippen LogP contribution < -0.4 is 5.32 Å². The first-order chi connectivity index (χ1) is 11.7. The average Bonchev–Trinajstić information content (AvgIpc) is 3.20. The van der Waals surface area contributed by atoms with E-state index in [1.54, 1.807) is 6.07 Å². The van der Waals surface area contributed by atoms with E-state index in [0.717, 1.165) is 32.2 Å². The Morgan fingerprint density at radius 1 is 1.04 bits per heavy atom. The Bertz CT molecular complexity index is 991. The van der Waals surface area contributed by atoms with E-state index < -0.39 is 0 Å². The van der Waals surface area contributed by atoms with Crippen molar-refractivity contribution in [1.82, 2.24) is 15.2 Å². The highest BCUT2D eigenvalue weighted by molar-refractivity contribution is 7.15. The van der Waals surface area contributed by atoms with Gasteiger partial charge in [0.25, 0.3) is 0 Å². The number of benzene rings is 2. The van der Waals surface area contributed by atoms with Crippen LogP contribution in [0.5, 0.6) is 5.75 Å². The molecule has 6 heteroatoms. The molecule has 0 aliphatic rings. The standard InChI is InChI=1S/C18H16N4OS/c1-11-21-22-18(24-11)20-17(13-7-3-5-9-16(13)23)14-10-19-15-8-4-2-6-12(14)15/h2-10,17,19,23H,1H3,(H,20,22). The molecule has 0 aliphatic heterocycles. The number of aromatic nitrogens is 3. The summed E-state index contributed by atoms with van der Waals surface area (Å²) in [4.78, 5) is 3.29. The van der Waals surface area contributed by atoms with Crippen LogP contribution in [-0.2, 0) is 0 Å². The number of hydrogen-bond acceptors (Lipinski definition) is 5. The Balaban J connectivity index is 1.85. The summed E-state index contributed by atoms with van der Waals surface area (Å²) in [5, 5.41) is 24.7. The summed E-state index contributed by atoms with van der Waals surface area (Å²) in [5.74, 6) is 0.251. The lowest BCUT2D eigenvalue weighted by atomic mass is 9.97. The molecule has 0 saturated heterocycles. The molecular formula is C18H16N4OS. The van der Waals surface area contributed by atoms with Gasteiger partial charge in [-0.2, -0.15) is 0 Å². The highest BCUT2D eigenvalue weighted by Gasteiger charge is 2.21. The first kappa shape index (κ1) is 14.7. The third-order valence-corrected chi connectivity index (χ3v) is 4.74. The molecule has 1 unspecified atom stereocenters. The number of fused-ring (bicyclic) bond motifs is 1. The Kier molecular flexibility index (Phi) is 3.66. The van der Waals surface area contributed by atoms with Crippen molar-refractivity contribution < 1.29 is 5.11 Å². The molecule has 24 heavy (non-hydrogen) atoms. The zero-order valence-corrected chi connectivity index (χ0v) is 13.8. The van der Waals surface area contributed by atoms with Crippen LogP contribution in [0.15, 0.2) is 54.7 Å². The van der Waals surface area contributed by atoms with Crippen molar-refractivity contribution in [2.45, 2.75) is 13.0 Å². The van der Waals surface area contributed by atoms with E-state index in [9.17, 15) is 5.11 Å². The van der Waals surface area contributed by atoms with E-state index in [1.807, 2.05) is 49.5 Å². The van der Waals surface area contributed by atoms with Gasteiger partial charge in [-0.3, -0.25) is 0 Å². The van der Waals surface area contributed by atoms with E-state index in [1.165, 1.54) is 11.3 Å². The fourth-order valence-electron chi connectivity index (χ4n) is 2.87. The maximum absolute atomic E-state index is 10.4. The summed E-state index contributed by atoms with van der Waals surface area (Å²) in [7, 11) is 0. The van der Waals surface area contributed by atoms with Crippen LogP contribution in [-0.4, -0.2) is 20.3 Å². The highest BCUT2D eigenvalue weighted by Crippen LogP contribution is 2.36. The van der Waals surface area contributed by atoms with Gasteiger partial charge in [0.1, 0.15) is 10.8 Å². The zero-order valence-electron chi connectivity index (χ0n) is 13.0. The second-order valence-electron chi connectivity index (χ2n) is 5.55. The van der Waals surface area contributed by atoms with Crippen LogP contribution in [0.1, 0.15) is 22.2 Å². The average molecular weight is 336 g/mol. The summed E-state index contributed by atoms with van der Waals surface area (Å²) in [5.41, 5.74) is 2.92. The number of aromatic amines is 1. The van der Waals surface area contributed by atoms with E-state index >= 15 is 0 Å². The summed E-state index contributed by atoms with van der Waals surface area (Å²) in [6, 6.07) is 15.2. The maximum atomic E-state index is 10.4. The smallest absolute Gasteiger partial charge is 0.206 e.